The maximum atomic E-state index is 8.59. The number of amidine groups is 1. The summed E-state index contributed by atoms with van der Waals surface area (Å²) in [6.07, 6.45) is 0.749. The molecule has 0 saturated carbocycles. The van der Waals surface area contributed by atoms with Crippen LogP contribution in [0.15, 0.2) is 9.68 Å². The molecule has 1 rings (SSSR count). The molecule has 0 aromatic carbocycles. The average molecular weight is 226 g/mol. The normalized spacial score (nSPS) is 14.1. The number of rotatable bonds is 5. The molecule has 0 bridgehead atoms. The van der Waals surface area contributed by atoms with Crippen molar-refractivity contribution in [2.75, 3.05) is 0 Å². The van der Waals surface area contributed by atoms with E-state index < -0.39 is 0 Å². The molecule has 4 N–H and O–H groups in total. The summed E-state index contributed by atoms with van der Waals surface area (Å²) >= 11 is 0. The predicted octanol–water partition coefficient (Wildman–Crippen LogP) is 0.906. The van der Waals surface area contributed by atoms with Crippen LogP contribution in [-0.4, -0.2) is 22.2 Å². The molecule has 6 nitrogen and oxygen atoms in total. The highest BCUT2D eigenvalue weighted by Gasteiger charge is 2.14. The van der Waals surface area contributed by atoms with Gasteiger partial charge in [0, 0.05) is 12.1 Å². The third kappa shape index (κ3) is 2.73. The molecule has 0 aliphatic heterocycles. The highest BCUT2D eigenvalue weighted by molar-refractivity contribution is 5.85. The molecule has 0 radical (unpaired) electrons. The van der Waals surface area contributed by atoms with Crippen LogP contribution >= 0.6 is 0 Å². The lowest BCUT2D eigenvalue weighted by Gasteiger charge is -2.14. The van der Waals surface area contributed by atoms with Crippen molar-refractivity contribution in [2.24, 2.45) is 10.9 Å². The van der Waals surface area contributed by atoms with E-state index >= 15 is 0 Å². The molecule has 0 aliphatic carbocycles. The molecular formula is C10H18N4O2. The van der Waals surface area contributed by atoms with Crippen LogP contribution in [-0.2, 0) is 6.54 Å². The first-order chi connectivity index (χ1) is 7.60. The van der Waals surface area contributed by atoms with Gasteiger partial charge in [-0.3, -0.25) is 0 Å². The third-order valence-electron chi connectivity index (χ3n) is 2.59. The lowest BCUT2D eigenvalue weighted by atomic mass is 10.1. The van der Waals surface area contributed by atoms with Crippen LogP contribution in [0.25, 0.3) is 0 Å². The van der Waals surface area contributed by atoms with E-state index in [-0.39, 0.29) is 11.9 Å². The van der Waals surface area contributed by atoms with Crippen LogP contribution in [0.3, 0.4) is 0 Å². The van der Waals surface area contributed by atoms with E-state index in [0.717, 1.165) is 23.4 Å². The zero-order chi connectivity index (χ0) is 12.1. The van der Waals surface area contributed by atoms with Gasteiger partial charge in [0.1, 0.15) is 5.76 Å². The highest BCUT2D eigenvalue weighted by atomic mass is 16.5. The molecule has 0 spiro atoms. The minimum Gasteiger partial charge on any atom is -0.409 e. The molecular weight excluding hydrogens is 208 g/mol. The van der Waals surface area contributed by atoms with Gasteiger partial charge in [-0.15, -0.1) is 0 Å². The summed E-state index contributed by atoms with van der Waals surface area (Å²) in [6.45, 7) is 6.30. The maximum Gasteiger partial charge on any atom is 0.156 e. The van der Waals surface area contributed by atoms with Crippen LogP contribution in [0.2, 0.25) is 0 Å². The monoisotopic (exact) mass is 226 g/mol. The Hall–Kier alpha value is -1.56. The van der Waals surface area contributed by atoms with Crippen molar-refractivity contribution in [3.05, 3.63) is 17.0 Å². The Kier molecular flexibility index (Phi) is 4.30. The van der Waals surface area contributed by atoms with Crippen molar-refractivity contribution >= 4 is 5.84 Å². The lowest BCUT2D eigenvalue weighted by Crippen LogP contribution is -2.40. The molecule has 0 amide bonds. The highest BCUT2D eigenvalue weighted by Crippen LogP contribution is 2.11. The fraction of sp³-hybridized carbons (Fsp3) is 0.600. The molecule has 1 heterocycles. The molecule has 0 aliphatic rings. The van der Waals surface area contributed by atoms with Gasteiger partial charge in [0.15, 0.2) is 5.84 Å². The van der Waals surface area contributed by atoms with E-state index in [9.17, 15) is 0 Å². The van der Waals surface area contributed by atoms with Gasteiger partial charge in [-0.1, -0.05) is 17.2 Å². The zero-order valence-corrected chi connectivity index (χ0v) is 9.82. The largest absolute Gasteiger partial charge is 0.409 e. The summed E-state index contributed by atoms with van der Waals surface area (Å²) in [5, 5.41) is 18.6. The Balaban J connectivity index is 2.63. The first-order valence-corrected chi connectivity index (χ1v) is 5.22. The Labute approximate surface area is 94.5 Å². The molecule has 16 heavy (non-hydrogen) atoms. The van der Waals surface area contributed by atoms with Crippen LogP contribution in [0, 0.1) is 13.8 Å². The fourth-order valence-electron chi connectivity index (χ4n) is 1.51. The van der Waals surface area contributed by atoms with E-state index in [1.54, 1.807) is 0 Å². The fourth-order valence-corrected chi connectivity index (χ4v) is 1.51. The van der Waals surface area contributed by atoms with Crippen LogP contribution in [0.4, 0.5) is 0 Å². The second-order valence-corrected chi connectivity index (χ2v) is 3.67. The van der Waals surface area contributed by atoms with Crippen LogP contribution in [0.5, 0.6) is 0 Å². The van der Waals surface area contributed by atoms with Gasteiger partial charge in [-0.05, 0) is 20.3 Å². The van der Waals surface area contributed by atoms with Gasteiger partial charge in [0.25, 0.3) is 0 Å². The number of nitrogens with zero attached hydrogens (tertiary/aromatic N) is 2. The summed E-state index contributed by atoms with van der Waals surface area (Å²) in [5.74, 6) is 0.980. The number of aromatic nitrogens is 1. The first-order valence-electron chi connectivity index (χ1n) is 5.22. The maximum absolute atomic E-state index is 8.59. The van der Waals surface area contributed by atoms with Crippen molar-refractivity contribution in [1.29, 1.82) is 0 Å². The molecule has 1 aromatic heterocycles. The van der Waals surface area contributed by atoms with Crippen molar-refractivity contribution < 1.29 is 9.73 Å². The zero-order valence-electron chi connectivity index (χ0n) is 9.82. The number of oxime groups is 1. The Bertz CT molecular complexity index is 353. The predicted molar refractivity (Wildman–Crippen MR) is 60.3 cm³/mol. The van der Waals surface area contributed by atoms with Gasteiger partial charge in [-0.25, -0.2) is 0 Å². The smallest absolute Gasteiger partial charge is 0.156 e. The summed E-state index contributed by atoms with van der Waals surface area (Å²) < 4.78 is 5.05. The SMILES string of the molecule is CCC(NCc1c(C)noc1C)C(N)=NO. The average Bonchev–Trinajstić information content (AvgIpc) is 2.60. The molecule has 0 saturated heterocycles. The van der Waals surface area contributed by atoms with Gasteiger partial charge >= 0.3 is 0 Å². The van der Waals surface area contributed by atoms with E-state index in [0.29, 0.717) is 6.54 Å². The molecule has 1 atom stereocenters. The standard InChI is InChI=1S/C10H18N4O2/c1-4-9(10(11)13-15)12-5-8-6(2)14-16-7(8)3/h9,12,15H,4-5H2,1-3H3,(H2,11,13). The Morgan fingerprint density at radius 3 is 2.75 bits per heavy atom. The molecule has 0 fully saturated rings. The van der Waals surface area contributed by atoms with Crippen LogP contribution in [0.1, 0.15) is 30.4 Å². The Morgan fingerprint density at radius 1 is 1.62 bits per heavy atom. The Morgan fingerprint density at radius 2 is 2.31 bits per heavy atom. The summed E-state index contributed by atoms with van der Waals surface area (Å²) in [6, 6.07) is -0.140. The van der Waals surface area contributed by atoms with Crippen LogP contribution < -0.4 is 11.1 Å². The van der Waals surface area contributed by atoms with E-state index in [1.807, 2.05) is 20.8 Å². The lowest BCUT2D eigenvalue weighted by molar-refractivity contribution is 0.314. The van der Waals surface area contributed by atoms with Crippen molar-refractivity contribution in [3.8, 4) is 0 Å². The number of nitrogens with one attached hydrogen (secondary N) is 1. The topological polar surface area (TPSA) is 96.7 Å². The van der Waals surface area contributed by atoms with Crippen molar-refractivity contribution in [3.63, 3.8) is 0 Å². The molecule has 90 valence electrons. The van der Waals surface area contributed by atoms with E-state index in [2.05, 4.69) is 15.6 Å². The summed E-state index contributed by atoms with van der Waals surface area (Å²) in [7, 11) is 0. The van der Waals surface area contributed by atoms with Gasteiger partial charge in [0.2, 0.25) is 0 Å². The number of hydrogen-bond acceptors (Lipinski definition) is 5. The quantitative estimate of drug-likeness (QED) is 0.300. The minimum atomic E-state index is -0.140. The van der Waals surface area contributed by atoms with Gasteiger partial charge in [-0.2, -0.15) is 0 Å². The summed E-state index contributed by atoms with van der Waals surface area (Å²) in [5.41, 5.74) is 7.42. The van der Waals surface area contributed by atoms with Crippen molar-refractivity contribution in [1.82, 2.24) is 10.5 Å². The second kappa shape index (κ2) is 5.50. The molecule has 1 unspecified atom stereocenters. The van der Waals surface area contributed by atoms with E-state index in [4.69, 9.17) is 15.5 Å². The van der Waals surface area contributed by atoms with Gasteiger partial charge < -0.3 is 20.8 Å². The molecule has 6 heteroatoms. The van der Waals surface area contributed by atoms with Gasteiger partial charge in [0.05, 0.1) is 11.7 Å². The number of hydrogen-bond donors (Lipinski definition) is 3. The number of aryl methyl sites for hydroxylation is 2. The summed E-state index contributed by atoms with van der Waals surface area (Å²) in [4.78, 5) is 0. The molecule has 1 aromatic rings. The first kappa shape index (κ1) is 12.5. The third-order valence-corrected chi connectivity index (χ3v) is 2.59. The van der Waals surface area contributed by atoms with E-state index in [1.165, 1.54) is 0 Å². The van der Waals surface area contributed by atoms with Crippen molar-refractivity contribution in [2.45, 2.75) is 39.8 Å². The second-order valence-electron chi connectivity index (χ2n) is 3.67. The number of nitrogens with two attached hydrogens (primary N) is 1. The minimum absolute atomic E-state index is 0.140.